The van der Waals surface area contributed by atoms with Crippen molar-refractivity contribution in [1.29, 1.82) is 0 Å². The monoisotopic (exact) mass is 677 g/mol. The molecule has 6 rings (SSSR count). The maximum atomic E-state index is 9.53. The van der Waals surface area contributed by atoms with E-state index >= 15 is 0 Å². The number of aliphatic hydroxyl groups is 1. The molecule has 0 spiro atoms. The molecule has 0 amide bonds. The largest absolute Gasteiger partial charge is 0.392 e. The summed E-state index contributed by atoms with van der Waals surface area (Å²) in [7, 11) is 0. The highest BCUT2D eigenvalue weighted by atomic mass is 16.3. The second kappa shape index (κ2) is 17.9. The predicted octanol–water partition coefficient (Wildman–Crippen LogP) is 14.4. The molecule has 2 heteroatoms. The van der Waals surface area contributed by atoms with Gasteiger partial charge in [0.2, 0.25) is 0 Å². The highest BCUT2D eigenvalue weighted by molar-refractivity contribution is 5.86. The summed E-state index contributed by atoms with van der Waals surface area (Å²) in [5, 5.41) is 9.53. The third-order valence-electron chi connectivity index (χ3n) is 11.3. The van der Waals surface area contributed by atoms with Gasteiger partial charge in [-0.1, -0.05) is 170 Å². The fourth-order valence-corrected chi connectivity index (χ4v) is 8.48. The van der Waals surface area contributed by atoms with Crippen LogP contribution in [0.4, 0.5) is 17.1 Å². The predicted molar refractivity (Wildman–Crippen MR) is 219 cm³/mol. The van der Waals surface area contributed by atoms with Gasteiger partial charge in [-0.15, -0.1) is 0 Å². The highest BCUT2D eigenvalue weighted by Crippen LogP contribution is 2.55. The smallest absolute Gasteiger partial charge is 0.0681 e. The zero-order chi connectivity index (χ0) is 35.5. The number of hydrogen-bond acceptors (Lipinski definition) is 2. The third kappa shape index (κ3) is 8.50. The van der Waals surface area contributed by atoms with E-state index in [-0.39, 0.29) is 12.0 Å². The lowest BCUT2D eigenvalue weighted by Crippen LogP contribution is -2.26. The number of unbranched alkanes of at least 4 members (excludes halogenated alkanes) is 10. The van der Waals surface area contributed by atoms with Crippen LogP contribution in [0, 0.1) is 6.92 Å². The zero-order valence-corrected chi connectivity index (χ0v) is 31.5. The molecular weight excluding hydrogens is 619 g/mol. The molecule has 1 N–H and O–H groups in total. The Hall–Kier alpha value is -4.14. The molecule has 0 bridgehead atoms. The molecule has 0 fully saturated rings. The first-order chi connectivity index (χ1) is 25.1. The fraction of sp³-hybridized carbons (Fsp3) is 0.388. The molecule has 5 aromatic carbocycles. The van der Waals surface area contributed by atoms with Gasteiger partial charge < -0.3 is 10.0 Å². The number of rotatable bonds is 19. The van der Waals surface area contributed by atoms with Gasteiger partial charge in [-0.05, 0) is 101 Å². The van der Waals surface area contributed by atoms with E-state index in [9.17, 15) is 5.11 Å². The van der Waals surface area contributed by atoms with Crippen molar-refractivity contribution in [2.45, 2.75) is 123 Å². The summed E-state index contributed by atoms with van der Waals surface area (Å²) in [6.07, 6.45) is 18.3. The van der Waals surface area contributed by atoms with Crippen LogP contribution >= 0.6 is 0 Å². The van der Waals surface area contributed by atoms with Crippen molar-refractivity contribution in [1.82, 2.24) is 0 Å². The standard InChI is InChI=1S/C49H59NO/c1-4-6-8-10-12-16-33-49(34-17-13-11-9-7-5-2)47-22-15-14-21-45(47)46-32-31-44(36-48(46)49)50(43-20-18-19-38(3)35-43)42-29-27-41(28-30-42)40-25-23-39(37-51)24-26-40/h14-15,18-32,35-36,51H,4-13,16-17,33-34,37H2,1-3H3. The Morgan fingerprint density at radius 3 is 1.67 bits per heavy atom. The van der Waals surface area contributed by atoms with E-state index in [2.05, 4.69) is 129 Å². The lowest BCUT2D eigenvalue weighted by Gasteiger charge is -2.34. The van der Waals surface area contributed by atoms with Crippen LogP contribution in [0.2, 0.25) is 0 Å². The Balaban J connectivity index is 1.40. The van der Waals surface area contributed by atoms with Crippen molar-refractivity contribution in [3.63, 3.8) is 0 Å². The fourth-order valence-electron chi connectivity index (χ4n) is 8.48. The van der Waals surface area contributed by atoms with Gasteiger partial charge in [0.25, 0.3) is 0 Å². The van der Waals surface area contributed by atoms with Gasteiger partial charge in [0, 0.05) is 22.5 Å². The number of aryl methyl sites for hydroxylation is 1. The summed E-state index contributed by atoms with van der Waals surface area (Å²) in [4.78, 5) is 2.45. The van der Waals surface area contributed by atoms with Crippen molar-refractivity contribution in [3.05, 3.63) is 138 Å². The number of anilines is 3. The molecule has 1 aliphatic carbocycles. The van der Waals surface area contributed by atoms with E-state index in [4.69, 9.17) is 0 Å². The van der Waals surface area contributed by atoms with Gasteiger partial charge in [0.05, 0.1) is 6.61 Å². The highest BCUT2D eigenvalue weighted by Gasteiger charge is 2.42. The molecule has 0 saturated heterocycles. The summed E-state index contributed by atoms with van der Waals surface area (Å²) >= 11 is 0. The Kier molecular flexibility index (Phi) is 12.8. The molecule has 0 saturated carbocycles. The van der Waals surface area contributed by atoms with Gasteiger partial charge in [-0.2, -0.15) is 0 Å². The minimum atomic E-state index is 0.0420. The Morgan fingerprint density at radius 1 is 0.490 bits per heavy atom. The van der Waals surface area contributed by atoms with E-state index in [0.717, 1.165) is 16.8 Å². The van der Waals surface area contributed by atoms with E-state index in [1.165, 1.54) is 129 Å². The third-order valence-corrected chi connectivity index (χ3v) is 11.3. The molecule has 0 aliphatic heterocycles. The first-order valence-electron chi connectivity index (χ1n) is 20.0. The van der Waals surface area contributed by atoms with Crippen LogP contribution in [-0.2, 0) is 12.0 Å². The molecule has 0 heterocycles. The summed E-state index contributed by atoms with van der Waals surface area (Å²) in [6, 6.07) is 42.8. The number of fused-ring (bicyclic) bond motifs is 3. The first kappa shape index (κ1) is 36.6. The van der Waals surface area contributed by atoms with Crippen LogP contribution < -0.4 is 4.90 Å². The number of nitrogens with zero attached hydrogens (tertiary/aromatic N) is 1. The average Bonchev–Trinajstić information content (AvgIpc) is 3.44. The molecule has 0 atom stereocenters. The minimum Gasteiger partial charge on any atom is -0.392 e. The number of aliphatic hydroxyl groups excluding tert-OH is 1. The second-order valence-electron chi connectivity index (χ2n) is 15.0. The molecule has 0 unspecified atom stereocenters. The quantitative estimate of drug-likeness (QED) is 0.0879. The van der Waals surface area contributed by atoms with Gasteiger partial charge in [-0.25, -0.2) is 0 Å². The maximum absolute atomic E-state index is 9.53. The van der Waals surface area contributed by atoms with Crippen molar-refractivity contribution < 1.29 is 5.11 Å². The van der Waals surface area contributed by atoms with E-state index in [1.54, 1.807) is 5.56 Å². The Labute approximate surface area is 308 Å². The molecule has 0 radical (unpaired) electrons. The lowest BCUT2D eigenvalue weighted by molar-refractivity contribution is 0.282. The summed E-state index contributed by atoms with van der Waals surface area (Å²) in [6.45, 7) is 6.87. The summed E-state index contributed by atoms with van der Waals surface area (Å²) in [5.41, 5.74) is 14.1. The summed E-state index contributed by atoms with van der Waals surface area (Å²) < 4.78 is 0. The summed E-state index contributed by atoms with van der Waals surface area (Å²) in [5.74, 6) is 0. The molecule has 266 valence electrons. The van der Waals surface area contributed by atoms with Crippen molar-refractivity contribution in [2.75, 3.05) is 4.90 Å². The molecule has 0 aromatic heterocycles. The van der Waals surface area contributed by atoms with Gasteiger partial charge in [-0.3, -0.25) is 0 Å². The Morgan fingerprint density at radius 2 is 1.04 bits per heavy atom. The van der Waals surface area contributed by atoms with Gasteiger partial charge in [0.15, 0.2) is 0 Å². The molecule has 5 aromatic rings. The average molecular weight is 678 g/mol. The van der Waals surface area contributed by atoms with Crippen molar-refractivity contribution in [3.8, 4) is 22.3 Å². The van der Waals surface area contributed by atoms with Crippen LogP contribution in [0.3, 0.4) is 0 Å². The van der Waals surface area contributed by atoms with Crippen molar-refractivity contribution >= 4 is 17.1 Å². The van der Waals surface area contributed by atoms with Crippen molar-refractivity contribution in [2.24, 2.45) is 0 Å². The van der Waals surface area contributed by atoms with Crippen LogP contribution in [-0.4, -0.2) is 5.11 Å². The van der Waals surface area contributed by atoms with E-state index < -0.39 is 0 Å². The topological polar surface area (TPSA) is 23.5 Å². The van der Waals surface area contributed by atoms with E-state index in [1.807, 2.05) is 12.1 Å². The molecule has 2 nitrogen and oxygen atoms in total. The van der Waals surface area contributed by atoms with Gasteiger partial charge >= 0.3 is 0 Å². The normalized spacial score (nSPS) is 12.9. The first-order valence-corrected chi connectivity index (χ1v) is 20.0. The molecule has 1 aliphatic rings. The SMILES string of the molecule is CCCCCCCCC1(CCCCCCCC)c2ccccc2-c2ccc(N(c3ccc(-c4ccc(CO)cc4)cc3)c3cccc(C)c3)cc21. The molecular formula is C49H59NO. The second-order valence-corrected chi connectivity index (χ2v) is 15.0. The molecule has 51 heavy (non-hydrogen) atoms. The number of hydrogen-bond donors (Lipinski definition) is 1. The van der Waals surface area contributed by atoms with Crippen LogP contribution in [0.1, 0.15) is 126 Å². The van der Waals surface area contributed by atoms with Crippen LogP contribution in [0.25, 0.3) is 22.3 Å². The maximum Gasteiger partial charge on any atom is 0.0681 e. The minimum absolute atomic E-state index is 0.0420. The number of benzene rings is 5. The van der Waals surface area contributed by atoms with Crippen LogP contribution in [0.15, 0.2) is 115 Å². The van der Waals surface area contributed by atoms with E-state index in [0.29, 0.717) is 0 Å². The van der Waals surface area contributed by atoms with Crippen LogP contribution in [0.5, 0.6) is 0 Å². The Bertz CT molecular complexity index is 1800. The zero-order valence-electron chi connectivity index (χ0n) is 31.5. The van der Waals surface area contributed by atoms with Gasteiger partial charge in [0.1, 0.15) is 0 Å². The lowest BCUT2D eigenvalue weighted by atomic mass is 9.70.